The largest absolute Gasteiger partial charge is 0.327 e. The smallest absolute Gasteiger partial charge is 0.272 e. The van der Waals surface area contributed by atoms with Crippen molar-refractivity contribution in [3.63, 3.8) is 0 Å². The summed E-state index contributed by atoms with van der Waals surface area (Å²) in [6.45, 7) is 2.43. The number of para-hydroxylation sites is 1. The Morgan fingerprint density at radius 2 is 1.71 bits per heavy atom. The van der Waals surface area contributed by atoms with Crippen molar-refractivity contribution in [2.24, 2.45) is 27.7 Å². The lowest BCUT2D eigenvalue weighted by atomic mass is 9.44. The summed E-state index contributed by atoms with van der Waals surface area (Å²) in [5.41, 5.74) is 3.87. The summed E-state index contributed by atoms with van der Waals surface area (Å²) in [4.78, 5) is 33.4. The summed E-state index contributed by atoms with van der Waals surface area (Å²) in [7, 11) is 1.77. The monoisotopic (exact) mass is 455 g/mol. The van der Waals surface area contributed by atoms with Gasteiger partial charge in [-0.2, -0.15) is 0 Å². The molecule has 34 heavy (non-hydrogen) atoms. The van der Waals surface area contributed by atoms with Crippen molar-refractivity contribution in [1.29, 1.82) is 0 Å². The first-order chi connectivity index (χ1) is 16.3. The number of rotatable bonds is 4. The van der Waals surface area contributed by atoms with Crippen LogP contribution in [0, 0.1) is 22.7 Å². The Kier molecular flexibility index (Phi) is 4.94. The first kappa shape index (κ1) is 21.6. The molecule has 4 fully saturated rings. The van der Waals surface area contributed by atoms with Crippen LogP contribution < -0.4 is 10.2 Å². The zero-order valence-electron chi connectivity index (χ0n) is 20.1. The molecule has 4 bridgehead atoms. The van der Waals surface area contributed by atoms with Gasteiger partial charge in [-0.15, -0.1) is 0 Å². The molecule has 0 radical (unpaired) electrons. The van der Waals surface area contributed by atoms with Gasteiger partial charge in [-0.05, 0) is 67.3 Å². The molecule has 1 aliphatic heterocycles. The highest BCUT2D eigenvalue weighted by molar-refractivity contribution is 6.20. The van der Waals surface area contributed by atoms with Crippen LogP contribution in [0.25, 0.3) is 0 Å². The molecule has 3 unspecified atom stereocenters. The molecule has 1 heterocycles. The summed E-state index contributed by atoms with van der Waals surface area (Å²) >= 11 is 0. The van der Waals surface area contributed by atoms with E-state index in [2.05, 4.69) is 12.2 Å². The molecule has 4 saturated carbocycles. The van der Waals surface area contributed by atoms with Gasteiger partial charge < -0.3 is 10.2 Å². The van der Waals surface area contributed by atoms with E-state index in [1.165, 1.54) is 19.3 Å². The van der Waals surface area contributed by atoms with Crippen LogP contribution in [0.2, 0.25) is 0 Å². The van der Waals surface area contributed by atoms with Crippen LogP contribution in [0.5, 0.6) is 0 Å². The van der Waals surface area contributed by atoms with E-state index in [1.807, 2.05) is 54.6 Å². The van der Waals surface area contributed by atoms with E-state index in [4.69, 9.17) is 4.99 Å². The van der Waals surface area contributed by atoms with Gasteiger partial charge in [0.1, 0.15) is 0 Å². The number of hydrogen-bond acceptors (Lipinski definition) is 3. The van der Waals surface area contributed by atoms with E-state index in [9.17, 15) is 9.59 Å². The van der Waals surface area contributed by atoms with E-state index in [1.54, 1.807) is 11.9 Å². The molecule has 176 valence electrons. The zero-order chi connectivity index (χ0) is 23.5. The average Bonchev–Trinajstić information content (AvgIpc) is 2.88. The Hall–Kier alpha value is -2.95. The molecular formula is C29H33N3O2. The number of fused-ring (bicyclic) bond motifs is 1. The van der Waals surface area contributed by atoms with Crippen LogP contribution in [0.1, 0.15) is 63.0 Å². The number of benzene rings is 2. The molecule has 0 spiro atoms. The fraction of sp³-hybridized carbons (Fsp3) is 0.483. The van der Waals surface area contributed by atoms with Gasteiger partial charge in [-0.3, -0.25) is 9.59 Å². The molecule has 0 aromatic heterocycles. The maximum Gasteiger partial charge on any atom is 0.272 e. The Morgan fingerprint density at radius 3 is 2.41 bits per heavy atom. The number of benzodiazepines with no additional fused rings is 1. The van der Waals surface area contributed by atoms with Crippen LogP contribution in [0.4, 0.5) is 5.69 Å². The maximum atomic E-state index is 13.4. The second kappa shape index (κ2) is 7.79. The lowest BCUT2D eigenvalue weighted by molar-refractivity contribution is -0.138. The van der Waals surface area contributed by atoms with Gasteiger partial charge in [-0.1, -0.05) is 55.5 Å². The van der Waals surface area contributed by atoms with Gasteiger partial charge in [0.25, 0.3) is 5.91 Å². The Morgan fingerprint density at radius 1 is 1.03 bits per heavy atom. The predicted molar refractivity (Wildman–Crippen MR) is 134 cm³/mol. The van der Waals surface area contributed by atoms with Gasteiger partial charge in [0.15, 0.2) is 0 Å². The van der Waals surface area contributed by atoms with Crippen LogP contribution in [0.15, 0.2) is 59.6 Å². The van der Waals surface area contributed by atoms with Gasteiger partial charge in [-0.25, -0.2) is 4.99 Å². The number of nitrogens with one attached hydrogen (secondary N) is 1. The van der Waals surface area contributed by atoms with Crippen molar-refractivity contribution in [3.05, 3.63) is 65.7 Å². The number of likely N-dealkylation sites (N-methyl/N-ethyl adjacent to an activating group) is 1. The van der Waals surface area contributed by atoms with Crippen molar-refractivity contribution in [1.82, 2.24) is 5.32 Å². The van der Waals surface area contributed by atoms with Crippen LogP contribution in [-0.2, 0) is 9.59 Å². The minimum atomic E-state index is -0.926. The van der Waals surface area contributed by atoms with Crippen molar-refractivity contribution < 1.29 is 9.59 Å². The molecule has 2 amide bonds. The number of amides is 2. The second-order valence-corrected chi connectivity index (χ2v) is 11.7. The molecule has 5 heteroatoms. The quantitative estimate of drug-likeness (QED) is 0.710. The van der Waals surface area contributed by atoms with Gasteiger partial charge >= 0.3 is 0 Å². The van der Waals surface area contributed by atoms with E-state index in [-0.39, 0.29) is 17.2 Å². The second-order valence-electron chi connectivity index (χ2n) is 11.7. The summed E-state index contributed by atoms with van der Waals surface area (Å²) in [5, 5.41) is 3.04. The Balaban J connectivity index is 1.29. The van der Waals surface area contributed by atoms with Crippen molar-refractivity contribution in [2.45, 2.75) is 58.0 Å². The van der Waals surface area contributed by atoms with Crippen LogP contribution >= 0.6 is 0 Å². The molecule has 7 rings (SSSR count). The van der Waals surface area contributed by atoms with Crippen molar-refractivity contribution in [2.75, 3.05) is 11.9 Å². The molecular weight excluding hydrogens is 422 g/mol. The molecule has 2 aromatic rings. The number of aliphatic imine (C=N–C) groups is 1. The normalized spacial score (nSPS) is 33.8. The van der Waals surface area contributed by atoms with E-state index < -0.39 is 6.17 Å². The highest BCUT2D eigenvalue weighted by Gasteiger charge is 2.56. The SMILES string of the molecule is CN1C(=O)C(NC(=O)CC23CC4CC(CC(C)(C4)C2)C3)N=C(c2ccccc2)c2ccccc21. The van der Waals surface area contributed by atoms with Gasteiger partial charge in [0, 0.05) is 24.6 Å². The molecule has 4 aliphatic carbocycles. The van der Waals surface area contributed by atoms with Gasteiger partial charge in [0.2, 0.25) is 12.1 Å². The fourth-order valence-electron chi connectivity index (χ4n) is 8.12. The summed E-state index contributed by atoms with van der Waals surface area (Å²) in [6, 6.07) is 17.7. The van der Waals surface area contributed by atoms with Crippen molar-refractivity contribution in [3.8, 4) is 0 Å². The predicted octanol–water partition coefficient (Wildman–Crippen LogP) is 4.94. The van der Waals surface area contributed by atoms with Crippen LogP contribution in [-0.4, -0.2) is 30.7 Å². The number of carbonyl (C=O) groups excluding carboxylic acids is 2. The van der Waals surface area contributed by atoms with Crippen LogP contribution in [0.3, 0.4) is 0 Å². The molecule has 3 atom stereocenters. The van der Waals surface area contributed by atoms with E-state index in [0.29, 0.717) is 11.8 Å². The van der Waals surface area contributed by atoms with Crippen molar-refractivity contribution >= 4 is 23.2 Å². The number of hydrogen-bond donors (Lipinski definition) is 1. The minimum absolute atomic E-state index is 0.0422. The minimum Gasteiger partial charge on any atom is -0.327 e. The molecule has 5 aliphatic rings. The van der Waals surface area contributed by atoms with E-state index >= 15 is 0 Å². The third-order valence-corrected chi connectivity index (χ3v) is 8.70. The van der Waals surface area contributed by atoms with Gasteiger partial charge in [0.05, 0.1) is 11.4 Å². The summed E-state index contributed by atoms with van der Waals surface area (Å²) in [6.07, 6.45) is 7.03. The topological polar surface area (TPSA) is 61.8 Å². The highest BCUT2D eigenvalue weighted by Crippen LogP contribution is 2.66. The molecule has 5 nitrogen and oxygen atoms in total. The first-order valence-electron chi connectivity index (χ1n) is 12.6. The number of nitrogens with zero attached hydrogens (tertiary/aromatic N) is 2. The summed E-state index contributed by atoms with van der Waals surface area (Å²) in [5.74, 6) is 1.28. The number of carbonyl (C=O) groups is 2. The lowest BCUT2D eigenvalue weighted by Gasteiger charge is -2.61. The fourth-order valence-corrected chi connectivity index (χ4v) is 8.12. The molecule has 2 aromatic carbocycles. The Bertz CT molecular complexity index is 1160. The highest BCUT2D eigenvalue weighted by atomic mass is 16.2. The third kappa shape index (κ3) is 3.66. The first-order valence-corrected chi connectivity index (χ1v) is 12.6. The molecule has 0 saturated heterocycles. The third-order valence-electron chi connectivity index (χ3n) is 8.70. The lowest BCUT2D eigenvalue weighted by Crippen LogP contribution is -2.53. The van der Waals surface area contributed by atoms with E-state index in [0.717, 1.165) is 53.6 Å². The maximum absolute atomic E-state index is 13.4. The molecule has 1 N–H and O–H groups in total. The Labute approximate surface area is 201 Å². The standard InChI is InChI=1S/C29H33N3O2/c1-28-13-19-12-20(14-28)16-29(15-19,18-28)17-24(33)30-26-27(34)32(2)23-11-7-6-10-22(23)25(31-26)21-8-4-3-5-9-21/h3-11,19-20,26H,12-18H2,1-2H3,(H,30,33). The number of anilines is 1. The zero-order valence-corrected chi connectivity index (χ0v) is 20.1. The summed E-state index contributed by atoms with van der Waals surface area (Å²) < 4.78 is 0. The average molecular weight is 456 g/mol.